The predicted octanol–water partition coefficient (Wildman–Crippen LogP) is 3.12. The molecule has 0 saturated heterocycles. The molecule has 1 aliphatic carbocycles. The summed E-state index contributed by atoms with van der Waals surface area (Å²) in [5.41, 5.74) is 5.53. The Bertz CT molecular complexity index is 743. The summed E-state index contributed by atoms with van der Waals surface area (Å²) in [4.78, 5) is 24.1. The van der Waals surface area contributed by atoms with E-state index in [0.29, 0.717) is 0 Å². The van der Waals surface area contributed by atoms with Crippen LogP contribution in [0.2, 0.25) is 0 Å². The lowest BCUT2D eigenvalue weighted by Gasteiger charge is -2.10. The molecule has 1 aliphatic rings. The zero-order valence-electron chi connectivity index (χ0n) is 12.8. The molecule has 22 heavy (non-hydrogen) atoms. The third-order valence-electron chi connectivity index (χ3n) is 3.93. The van der Waals surface area contributed by atoms with Gasteiger partial charge in [0.25, 0.3) is 5.56 Å². The summed E-state index contributed by atoms with van der Waals surface area (Å²) in [6, 6.07) is 2.04. The zero-order valence-corrected chi connectivity index (χ0v) is 14.4. The van der Waals surface area contributed by atoms with Gasteiger partial charge in [-0.15, -0.1) is 0 Å². The quantitative estimate of drug-likeness (QED) is 0.673. The van der Waals surface area contributed by atoms with Crippen LogP contribution in [0, 0.1) is 6.92 Å². The second kappa shape index (κ2) is 6.87. The number of nitrogens with zero attached hydrogens (tertiary/aromatic N) is 2. The SMILES string of the molecule is CSCc1nccc(C)c1CSc1nc2c(c(=O)[nH]1)CCC2. The average Bonchev–Trinajstić information content (AvgIpc) is 2.96. The van der Waals surface area contributed by atoms with E-state index in [2.05, 4.69) is 28.1 Å². The van der Waals surface area contributed by atoms with E-state index >= 15 is 0 Å². The number of rotatable bonds is 5. The smallest absolute Gasteiger partial charge is 0.254 e. The van der Waals surface area contributed by atoms with Crippen molar-refractivity contribution in [1.82, 2.24) is 15.0 Å². The topological polar surface area (TPSA) is 58.6 Å². The summed E-state index contributed by atoms with van der Waals surface area (Å²) in [6.45, 7) is 2.11. The zero-order chi connectivity index (χ0) is 15.5. The van der Waals surface area contributed by atoms with E-state index in [0.717, 1.165) is 52.9 Å². The van der Waals surface area contributed by atoms with Crippen LogP contribution in [0.4, 0.5) is 0 Å². The molecule has 2 aromatic rings. The molecule has 0 aromatic carbocycles. The number of nitrogens with one attached hydrogen (secondary N) is 1. The fourth-order valence-electron chi connectivity index (χ4n) is 2.73. The highest BCUT2D eigenvalue weighted by atomic mass is 32.2. The first-order valence-corrected chi connectivity index (χ1v) is 9.74. The van der Waals surface area contributed by atoms with Gasteiger partial charge in [0.05, 0.1) is 11.4 Å². The third-order valence-corrected chi connectivity index (χ3v) is 5.40. The summed E-state index contributed by atoms with van der Waals surface area (Å²) >= 11 is 3.36. The van der Waals surface area contributed by atoms with Gasteiger partial charge in [-0.2, -0.15) is 11.8 Å². The number of hydrogen-bond acceptors (Lipinski definition) is 5. The maximum absolute atomic E-state index is 12.1. The fraction of sp³-hybridized carbons (Fsp3) is 0.438. The molecule has 6 heteroatoms. The number of hydrogen-bond donors (Lipinski definition) is 1. The fourth-order valence-corrected chi connectivity index (χ4v) is 4.27. The van der Waals surface area contributed by atoms with Crippen molar-refractivity contribution in [2.45, 2.75) is 42.8 Å². The lowest BCUT2D eigenvalue weighted by atomic mass is 10.1. The summed E-state index contributed by atoms with van der Waals surface area (Å²) in [7, 11) is 0. The number of pyridine rings is 1. The van der Waals surface area contributed by atoms with Crippen molar-refractivity contribution >= 4 is 23.5 Å². The Balaban J connectivity index is 1.81. The van der Waals surface area contributed by atoms with Gasteiger partial charge in [-0.1, -0.05) is 11.8 Å². The van der Waals surface area contributed by atoms with Crippen LogP contribution in [0.5, 0.6) is 0 Å². The molecular formula is C16H19N3OS2. The first-order chi connectivity index (χ1) is 10.7. The van der Waals surface area contributed by atoms with Crippen LogP contribution < -0.4 is 5.56 Å². The van der Waals surface area contributed by atoms with Gasteiger partial charge in [-0.25, -0.2) is 4.98 Å². The Hall–Kier alpha value is -1.27. The summed E-state index contributed by atoms with van der Waals surface area (Å²) in [5.74, 6) is 1.70. The number of H-pyrrole nitrogens is 1. The number of aryl methyl sites for hydroxylation is 2. The highest BCUT2D eigenvalue weighted by molar-refractivity contribution is 7.98. The van der Waals surface area contributed by atoms with E-state index < -0.39 is 0 Å². The molecule has 0 bridgehead atoms. The van der Waals surface area contributed by atoms with Gasteiger partial charge in [0, 0.05) is 23.3 Å². The van der Waals surface area contributed by atoms with Crippen molar-refractivity contribution in [3.63, 3.8) is 0 Å². The van der Waals surface area contributed by atoms with Crippen LogP contribution in [0.25, 0.3) is 0 Å². The number of aromatic nitrogens is 3. The van der Waals surface area contributed by atoms with Gasteiger partial charge in [0.2, 0.25) is 0 Å². The second-order valence-corrected chi connectivity index (χ2v) is 7.25. The maximum atomic E-state index is 12.1. The molecule has 0 atom stereocenters. The van der Waals surface area contributed by atoms with Crippen molar-refractivity contribution < 1.29 is 0 Å². The Morgan fingerprint density at radius 1 is 1.32 bits per heavy atom. The van der Waals surface area contributed by atoms with Crippen molar-refractivity contribution in [3.8, 4) is 0 Å². The average molecular weight is 333 g/mol. The number of aromatic amines is 1. The Morgan fingerprint density at radius 3 is 3.00 bits per heavy atom. The molecule has 0 aliphatic heterocycles. The van der Waals surface area contributed by atoms with Crippen LogP contribution in [-0.4, -0.2) is 21.2 Å². The monoisotopic (exact) mass is 333 g/mol. The van der Waals surface area contributed by atoms with Crippen molar-refractivity contribution in [2.24, 2.45) is 0 Å². The minimum Gasteiger partial charge on any atom is -0.301 e. The van der Waals surface area contributed by atoms with Crippen LogP contribution in [0.15, 0.2) is 22.2 Å². The van der Waals surface area contributed by atoms with Gasteiger partial charge < -0.3 is 4.98 Å². The minimum atomic E-state index is 0.0391. The van der Waals surface area contributed by atoms with Gasteiger partial charge in [0.15, 0.2) is 5.16 Å². The molecule has 2 heterocycles. The maximum Gasteiger partial charge on any atom is 0.254 e. The van der Waals surface area contributed by atoms with E-state index in [1.165, 1.54) is 11.1 Å². The molecule has 0 fully saturated rings. The largest absolute Gasteiger partial charge is 0.301 e. The molecule has 2 aromatic heterocycles. The molecule has 3 rings (SSSR count). The summed E-state index contributed by atoms with van der Waals surface area (Å²) < 4.78 is 0. The van der Waals surface area contributed by atoms with Gasteiger partial charge in [-0.3, -0.25) is 9.78 Å². The molecule has 0 saturated carbocycles. The van der Waals surface area contributed by atoms with Gasteiger partial charge >= 0.3 is 0 Å². The number of fused-ring (bicyclic) bond motifs is 1. The summed E-state index contributed by atoms with van der Waals surface area (Å²) in [6.07, 6.45) is 6.78. The van der Waals surface area contributed by atoms with Crippen LogP contribution >= 0.6 is 23.5 Å². The first-order valence-electron chi connectivity index (χ1n) is 7.36. The molecular weight excluding hydrogens is 314 g/mol. The minimum absolute atomic E-state index is 0.0391. The van der Waals surface area contributed by atoms with E-state index in [-0.39, 0.29) is 5.56 Å². The molecule has 0 radical (unpaired) electrons. The van der Waals surface area contributed by atoms with Crippen LogP contribution in [-0.2, 0) is 24.3 Å². The predicted molar refractivity (Wildman–Crippen MR) is 92.6 cm³/mol. The highest BCUT2D eigenvalue weighted by Gasteiger charge is 2.17. The Labute approximate surface area is 138 Å². The first kappa shape index (κ1) is 15.6. The normalized spacial score (nSPS) is 13.4. The molecule has 0 spiro atoms. The molecule has 4 nitrogen and oxygen atoms in total. The third kappa shape index (κ3) is 3.22. The Kier molecular flexibility index (Phi) is 4.88. The Morgan fingerprint density at radius 2 is 2.18 bits per heavy atom. The van der Waals surface area contributed by atoms with E-state index in [1.54, 1.807) is 23.5 Å². The van der Waals surface area contributed by atoms with E-state index in [4.69, 9.17) is 0 Å². The van der Waals surface area contributed by atoms with Gasteiger partial charge in [-0.05, 0) is 49.6 Å². The second-order valence-electron chi connectivity index (χ2n) is 5.42. The van der Waals surface area contributed by atoms with Gasteiger partial charge in [0.1, 0.15) is 0 Å². The van der Waals surface area contributed by atoms with E-state index in [1.807, 2.05) is 12.3 Å². The van der Waals surface area contributed by atoms with Crippen LogP contribution in [0.3, 0.4) is 0 Å². The highest BCUT2D eigenvalue weighted by Crippen LogP contribution is 2.26. The lowest BCUT2D eigenvalue weighted by Crippen LogP contribution is -2.15. The number of thioether (sulfide) groups is 2. The molecule has 0 unspecified atom stereocenters. The molecule has 1 N–H and O–H groups in total. The van der Waals surface area contributed by atoms with Crippen molar-refractivity contribution in [2.75, 3.05) is 6.26 Å². The van der Waals surface area contributed by atoms with Crippen LogP contribution in [0.1, 0.15) is 34.5 Å². The van der Waals surface area contributed by atoms with E-state index in [9.17, 15) is 4.79 Å². The standard InChI is InChI=1S/C16H19N3OS2/c1-10-6-7-17-14(9-21-2)12(10)8-22-16-18-13-5-3-4-11(13)15(20)19-16/h6-7H,3-5,8-9H2,1-2H3,(H,18,19,20). The van der Waals surface area contributed by atoms with Crippen molar-refractivity contribution in [3.05, 3.63) is 50.7 Å². The summed E-state index contributed by atoms with van der Waals surface area (Å²) in [5, 5.41) is 0.726. The lowest BCUT2D eigenvalue weighted by molar-refractivity contribution is 0.869. The van der Waals surface area contributed by atoms with Crippen molar-refractivity contribution in [1.29, 1.82) is 0 Å². The molecule has 0 amide bonds. The molecule has 116 valence electrons.